The van der Waals surface area contributed by atoms with Crippen LogP contribution in [0.1, 0.15) is 43.5 Å². The molecule has 2 aliphatic rings. The van der Waals surface area contributed by atoms with Gasteiger partial charge in [-0.25, -0.2) is 0 Å². The number of likely N-dealkylation sites (tertiary alicyclic amines) is 1. The van der Waals surface area contributed by atoms with E-state index in [-0.39, 0.29) is 22.7 Å². The zero-order valence-electron chi connectivity index (χ0n) is 14.2. The average Bonchev–Trinajstić information content (AvgIpc) is 2.59. The van der Waals surface area contributed by atoms with Crippen molar-refractivity contribution in [1.82, 2.24) is 4.90 Å². The Kier molecular flexibility index (Phi) is 4.04. The monoisotopic (exact) mass is 322 g/mol. The zero-order valence-corrected chi connectivity index (χ0v) is 14.2. The molecule has 0 bridgehead atoms. The summed E-state index contributed by atoms with van der Waals surface area (Å²) in [5.41, 5.74) is 0.344. The number of nitriles is 1. The number of hydrogen-bond acceptors (Lipinski definition) is 3. The minimum atomic E-state index is -0.509. The molecular weight excluding hydrogens is 300 g/mol. The smallest absolute Gasteiger partial charge is 0.253 e. The fraction of sp³-hybridized carbons (Fsp3) is 0.450. The molecule has 0 aromatic heterocycles. The van der Waals surface area contributed by atoms with E-state index in [4.69, 9.17) is 0 Å². The first-order valence-electron chi connectivity index (χ1n) is 8.39. The molecule has 0 unspecified atom stereocenters. The van der Waals surface area contributed by atoms with Gasteiger partial charge < -0.3 is 4.90 Å². The van der Waals surface area contributed by atoms with Gasteiger partial charge in [-0.2, -0.15) is 5.26 Å². The minimum Gasteiger partial charge on any atom is -0.339 e. The van der Waals surface area contributed by atoms with Crippen LogP contribution in [0, 0.1) is 22.2 Å². The maximum Gasteiger partial charge on any atom is 0.253 e. The topological polar surface area (TPSA) is 61.2 Å². The molecule has 0 radical (unpaired) electrons. The van der Waals surface area contributed by atoms with E-state index in [9.17, 15) is 14.9 Å². The maximum absolute atomic E-state index is 12.6. The van der Waals surface area contributed by atoms with Crippen molar-refractivity contribution in [1.29, 1.82) is 5.26 Å². The Morgan fingerprint density at radius 2 is 1.79 bits per heavy atom. The molecule has 4 nitrogen and oxygen atoms in total. The second-order valence-electron chi connectivity index (χ2n) is 7.58. The van der Waals surface area contributed by atoms with Gasteiger partial charge in [-0.1, -0.05) is 38.1 Å². The predicted octanol–water partition coefficient (Wildman–Crippen LogP) is 3.36. The van der Waals surface area contributed by atoms with Crippen LogP contribution in [-0.2, 0) is 4.79 Å². The largest absolute Gasteiger partial charge is 0.339 e. The summed E-state index contributed by atoms with van der Waals surface area (Å²) in [7, 11) is 0. The lowest BCUT2D eigenvalue weighted by molar-refractivity contribution is -0.125. The second-order valence-corrected chi connectivity index (χ2v) is 7.58. The van der Waals surface area contributed by atoms with Crippen LogP contribution in [0.2, 0.25) is 0 Å². The third-order valence-electron chi connectivity index (χ3n) is 5.29. The summed E-state index contributed by atoms with van der Waals surface area (Å²) in [5, 5.41) is 9.29. The number of carbonyl (C=O) groups is 2. The van der Waals surface area contributed by atoms with Crippen LogP contribution in [0.15, 0.2) is 42.0 Å². The van der Waals surface area contributed by atoms with E-state index in [2.05, 4.69) is 6.07 Å². The lowest BCUT2D eigenvalue weighted by Crippen LogP contribution is -2.47. The molecule has 24 heavy (non-hydrogen) atoms. The quantitative estimate of drug-likeness (QED) is 0.796. The first-order chi connectivity index (χ1) is 11.4. The highest BCUT2D eigenvalue weighted by Gasteiger charge is 2.46. The van der Waals surface area contributed by atoms with Crippen molar-refractivity contribution in [2.75, 3.05) is 13.1 Å². The number of Topliss-reactive ketones (excluding diaryl/α,β-unsaturated/α-hetero) is 1. The van der Waals surface area contributed by atoms with Gasteiger partial charge in [0.05, 0.1) is 5.57 Å². The number of allylic oxidation sites excluding steroid dienone is 2. The minimum absolute atomic E-state index is 0.0566. The molecule has 4 heteroatoms. The van der Waals surface area contributed by atoms with Gasteiger partial charge in [0.15, 0.2) is 5.78 Å². The molecule has 1 spiro atoms. The van der Waals surface area contributed by atoms with Crippen LogP contribution >= 0.6 is 0 Å². The van der Waals surface area contributed by atoms with E-state index in [1.807, 2.05) is 55.2 Å². The molecule has 1 saturated heterocycles. The van der Waals surface area contributed by atoms with Gasteiger partial charge in [0, 0.05) is 24.1 Å². The normalized spacial score (nSPS) is 22.0. The Morgan fingerprint density at radius 1 is 1.17 bits per heavy atom. The number of benzene rings is 1. The molecule has 1 heterocycles. The molecule has 0 saturated carbocycles. The third-order valence-corrected chi connectivity index (χ3v) is 5.29. The summed E-state index contributed by atoms with van der Waals surface area (Å²) in [5.74, 6) is -0.000464. The molecule has 0 N–H and O–H groups in total. The number of nitrogens with zero attached hydrogens (tertiary/aromatic N) is 2. The number of hydrogen-bond donors (Lipinski definition) is 0. The van der Waals surface area contributed by atoms with Crippen molar-refractivity contribution in [3.63, 3.8) is 0 Å². The van der Waals surface area contributed by atoms with Gasteiger partial charge in [0.1, 0.15) is 6.07 Å². The van der Waals surface area contributed by atoms with E-state index in [0.29, 0.717) is 18.7 Å². The van der Waals surface area contributed by atoms with E-state index in [0.717, 1.165) is 19.3 Å². The van der Waals surface area contributed by atoms with Gasteiger partial charge in [-0.15, -0.1) is 0 Å². The van der Waals surface area contributed by atoms with Crippen LogP contribution in [0.4, 0.5) is 0 Å². The molecule has 1 amide bonds. The summed E-state index contributed by atoms with van der Waals surface area (Å²) < 4.78 is 0. The highest BCUT2D eigenvalue weighted by atomic mass is 16.2. The highest BCUT2D eigenvalue weighted by Crippen LogP contribution is 2.48. The molecule has 1 aromatic carbocycles. The molecule has 124 valence electrons. The fourth-order valence-electron chi connectivity index (χ4n) is 4.07. The van der Waals surface area contributed by atoms with Crippen LogP contribution in [0.5, 0.6) is 0 Å². The lowest BCUT2D eigenvalue weighted by Gasteiger charge is -2.46. The van der Waals surface area contributed by atoms with Crippen molar-refractivity contribution in [2.24, 2.45) is 10.8 Å². The fourth-order valence-corrected chi connectivity index (χ4v) is 4.07. The Morgan fingerprint density at radius 3 is 2.38 bits per heavy atom. The number of amides is 1. The number of rotatable bonds is 1. The molecular formula is C20H22N2O2. The maximum atomic E-state index is 12.6. The number of ketones is 1. The van der Waals surface area contributed by atoms with Crippen molar-refractivity contribution in [3.05, 3.63) is 47.5 Å². The Labute approximate surface area is 142 Å². The zero-order chi connectivity index (χ0) is 17.4. The summed E-state index contributed by atoms with van der Waals surface area (Å²) >= 11 is 0. The Hall–Kier alpha value is -2.41. The molecule has 1 fully saturated rings. The SMILES string of the molecule is CC1(C)CC2(C=C(C#N)C1=O)CCN(C(=O)c1ccccc1)CC2. The van der Waals surface area contributed by atoms with Crippen LogP contribution in [0.3, 0.4) is 0 Å². The first-order valence-corrected chi connectivity index (χ1v) is 8.39. The van der Waals surface area contributed by atoms with Crippen molar-refractivity contribution >= 4 is 11.7 Å². The molecule has 1 aliphatic heterocycles. The summed E-state index contributed by atoms with van der Waals surface area (Å²) in [6.45, 7) is 5.16. The second kappa shape index (κ2) is 5.90. The molecule has 1 aromatic rings. The predicted molar refractivity (Wildman–Crippen MR) is 91.1 cm³/mol. The number of carbonyl (C=O) groups excluding carboxylic acids is 2. The molecule has 1 aliphatic carbocycles. The van der Waals surface area contributed by atoms with Gasteiger partial charge in [0.25, 0.3) is 5.91 Å². The number of piperidine rings is 1. The summed E-state index contributed by atoms with van der Waals surface area (Å²) in [6, 6.07) is 11.4. The van der Waals surface area contributed by atoms with Crippen LogP contribution in [0.25, 0.3) is 0 Å². The highest BCUT2D eigenvalue weighted by molar-refractivity contribution is 6.03. The average molecular weight is 322 g/mol. The van der Waals surface area contributed by atoms with E-state index < -0.39 is 5.41 Å². The summed E-state index contributed by atoms with van der Waals surface area (Å²) in [6.07, 6.45) is 4.23. The van der Waals surface area contributed by atoms with Gasteiger partial charge in [0.2, 0.25) is 0 Å². The van der Waals surface area contributed by atoms with Crippen molar-refractivity contribution in [2.45, 2.75) is 33.1 Å². The van der Waals surface area contributed by atoms with Gasteiger partial charge in [-0.3, -0.25) is 9.59 Å². The Balaban J connectivity index is 1.77. The van der Waals surface area contributed by atoms with E-state index in [1.54, 1.807) is 0 Å². The van der Waals surface area contributed by atoms with E-state index >= 15 is 0 Å². The van der Waals surface area contributed by atoms with Gasteiger partial charge >= 0.3 is 0 Å². The summed E-state index contributed by atoms with van der Waals surface area (Å²) in [4.78, 5) is 26.8. The van der Waals surface area contributed by atoms with Crippen LogP contribution in [-0.4, -0.2) is 29.7 Å². The standard InChI is InChI=1S/C20H22N2O2/c1-19(2)14-20(12-16(13-21)17(19)23)8-10-22(11-9-20)18(24)15-6-4-3-5-7-15/h3-7,12H,8-11,14H2,1-2H3. The van der Waals surface area contributed by atoms with Crippen molar-refractivity contribution in [3.8, 4) is 6.07 Å². The molecule has 0 atom stereocenters. The lowest BCUT2D eigenvalue weighted by atomic mass is 9.61. The molecule has 3 rings (SSSR count). The van der Waals surface area contributed by atoms with Crippen molar-refractivity contribution < 1.29 is 9.59 Å². The van der Waals surface area contributed by atoms with Gasteiger partial charge in [-0.05, 0) is 36.8 Å². The van der Waals surface area contributed by atoms with Crippen LogP contribution < -0.4 is 0 Å². The Bertz CT molecular complexity index is 733. The third kappa shape index (κ3) is 2.87. The van der Waals surface area contributed by atoms with E-state index in [1.165, 1.54) is 0 Å². The first kappa shape index (κ1) is 16.4.